The number of hydrogen-bond acceptors (Lipinski definition) is 6. The molecule has 2 heterocycles. The number of hydrogen-bond donors (Lipinski definition) is 1. The number of thiophene rings is 1. The Kier molecular flexibility index (Phi) is 4.38. The lowest BCUT2D eigenvalue weighted by molar-refractivity contribution is -0.136. The first-order valence-corrected chi connectivity index (χ1v) is 7.23. The van der Waals surface area contributed by atoms with Crippen molar-refractivity contribution in [1.29, 1.82) is 0 Å². The van der Waals surface area contributed by atoms with E-state index in [1.807, 2.05) is 24.4 Å². The van der Waals surface area contributed by atoms with Gasteiger partial charge in [0, 0.05) is 0 Å². The van der Waals surface area contributed by atoms with Gasteiger partial charge in [0.15, 0.2) is 0 Å². The molecule has 2 rings (SSSR count). The zero-order valence-electron chi connectivity index (χ0n) is 9.70. The highest BCUT2D eigenvalue weighted by molar-refractivity contribution is 8.00. The normalized spacial score (nSPS) is 12.5. The third kappa shape index (κ3) is 3.11. The summed E-state index contributed by atoms with van der Waals surface area (Å²) in [5.41, 5.74) is 0. The van der Waals surface area contributed by atoms with Gasteiger partial charge in [-0.3, -0.25) is 4.79 Å². The van der Waals surface area contributed by atoms with Crippen LogP contribution in [0.4, 0.5) is 0 Å². The number of carboxylic acid groups (broad SMARTS) is 1. The third-order valence-corrected chi connectivity index (χ3v) is 4.15. The van der Waals surface area contributed by atoms with E-state index < -0.39 is 11.2 Å². The highest BCUT2D eigenvalue weighted by atomic mass is 32.2. The molecule has 7 heteroatoms. The minimum Gasteiger partial charge on any atom is -0.480 e. The summed E-state index contributed by atoms with van der Waals surface area (Å²) in [5, 5.41) is 18.5. The van der Waals surface area contributed by atoms with Gasteiger partial charge in [-0.2, -0.15) is 0 Å². The van der Waals surface area contributed by atoms with Crippen molar-refractivity contribution in [2.24, 2.45) is 0 Å². The second-order valence-corrected chi connectivity index (χ2v) is 5.69. The van der Waals surface area contributed by atoms with Crippen molar-refractivity contribution < 1.29 is 14.3 Å². The number of carbonyl (C=O) groups is 1. The lowest BCUT2D eigenvalue weighted by Crippen LogP contribution is -2.15. The Morgan fingerprint density at radius 1 is 1.61 bits per heavy atom. The first-order chi connectivity index (χ1) is 8.70. The van der Waals surface area contributed by atoms with Gasteiger partial charge in [0.25, 0.3) is 11.1 Å². The van der Waals surface area contributed by atoms with E-state index in [0.29, 0.717) is 17.5 Å². The first-order valence-electron chi connectivity index (χ1n) is 5.47. The van der Waals surface area contributed by atoms with Gasteiger partial charge in [-0.1, -0.05) is 31.2 Å². The van der Waals surface area contributed by atoms with Crippen LogP contribution in [-0.2, 0) is 4.79 Å². The predicted octanol–water partition coefficient (Wildman–Crippen LogP) is 3.14. The van der Waals surface area contributed by atoms with Gasteiger partial charge in [0.1, 0.15) is 5.25 Å². The molecule has 0 spiro atoms. The van der Waals surface area contributed by atoms with Gasteiger partial charge >= 0.3 is 5.97 Å². The zero-order chi connectivity index (χ0) is 13.0. The molecule has 0 saturated carbocycles. The van der Waals surface area contributed by atoms with Gasteiger partial charge < -0.3 is 9.52 Å². The second-order valence-electron chi connectivity index (χ2n) is 3.58. The lowest BCUT2D eigenvalue weighted by Gasteiger charge is -2.06. The van der Waals surface area contributed by atoms with E-state index in [1.165, 1.54) is 11.3 Å². The zero-order valence-corrected chi connectivity index (χ0v) is 11.3. The summed E-state index contributed by atoms with van der Waals surface area (Å²) in [6.07, 6.45) is 1.38. The minimum absolute atomic E-state index is 0.305. The molecule has 2 aromatic heterocycles. The fraction of sp³-hybridized carbons (Fsp3) is 0.364. The molecule has 2 aromatic rings. The molecule has 96 valence electrons. The van der Waals surface area contributed by atoms with Crippen LogP contribution in [0.2, 0.25) is 0 Å². The molecule has 5 nitrogen and oxygen atoms in total. The van der Waals surface area contributed by atoms with E-state index >= 15 is 0 Å². The smallest absolute Gasteiger partial charge is 0.317 e. The van der Waals surface area contributed by atoms with E-state index in [4.69, 9.17) is 9.52 Å². The highest BCUT2D eigenvalue weighted by Crippen LogP contribution is 2.29. The molecular formula is C11H12N2O3S2. The van der Waals surface area contributed by atoms with E-state index in [9.17, 15) is 4.79 Å². The molecule has 0 bridgehead atoms. The van der Waals surface area contributed by atoms with Crippen molar-refractivity contribution in [3.63, 3.8) is 0 Å². The Morgan fingerprint density at radius 3 is 3.06 bits per heavy atom. The number of thioether (sulfide) groups is 1. The van der Waals surface area contributed by atoms with Crippen molar-refractivity contribution in [3.05, 3.63) is 17.5 Å². The van der Waals surface area contributed by atoms with Crippen LogP contribution >= 0.6 is 23.1 Å². The standard InChI is InChI=1S/C11H12N2O3S2/c1-2-4-8(10(14)15)18-11-13-12-9(16-11)7-5-3-6-17-7/h3,5-6,8H,2,4H2,1H3,(H,14,15). The molecule has 1 atom stereocenters. The van der Waals surface area contributed by atoms with Crippen LogP contribution in [-0.4, -0.2) is 26.5 Å². The average molecular weight is 284 g/mol. The summed E-state index contributed by atoms with van der Waals surface area (Å²) < 4.78 is 5.44. The van der Waals surface area contributed by atoms with Crippen molar-refractivity contribution in [2.75, 3.05) is 0 Å². The van der Waals surface area contributed by atoms with Crippen molar-refractivity contribution in [1.82, 2.24) is 10.2 Å². The fourth-order valence-corrected chi connectivity index (χ4v) is 2.93. The van der Waals surface area contributed by atoms with Gasteiger partial charge in [-0.05, 0) is 17.9 Å². The number of nitrogens with zero attached hydrogens (tertiary/aromatic N) is 2. The number of carboxylic acids is 1. The number of aromatic nitrogens is 2. The maximum atomic E-state index is 11.0. The summed E-state index contributed by atoms with van der Waals surface area (Å²) in [7, 11) is 0. The van der Waals surface area contributed by atoms with Crippen LogP contribution < -0.4 is 0 Å². The van der Waals surface area contributed by atoms with Gasteiger partial charge in [-0.15, -0.1) is 21.5 Å². The second kappa shape index (κ2) is 6.01. The van der Waals surface area contributed by atoms with Gasteiger partial charge in [0.05, 0.1) is 4.88 Å². The summed E-state index contributed by atoms with van der Waals surface area (Å²) in [4.78, 5) is 11.9. The molecule has 1 unspecified atom stereocenters. The molecule has 0 aliphatic heterocycles. The van der Waals surface area contributed by atoms with Crippen LogP contribution in [0.1, 0.15) is 19.8 Å². The van der Waals surface area contributed by atoms with E-state index in [-0.39, 0.29) is 0 Å². The maximum Gasteiger partial charge on any atom is 0.317 e. The van der Waals surface area contributed by atoms with Gasteiger partial charge in [-0.25, -0.2) is 0 Å². The monoisotopic (exact) mass is 284 g/mol. The Balaban J connectivity index is 2.08. The van der Waals surface area contributed by atoms with Crippen molar-refractivity contribution in [2.45, 2.75) is 30.2 Å². The largest absolute Gasteiger partial charge is 0.480 e. The summed E-state index contributed by atoms with van der Waals surface area (Å²) in [6.45, 7) is 1.95. The maximum absolute atomic E-state index is 11.0. The fourth-order valence-electron chi connectivity index (χ4n) is 1.37. The molecule has 0 fully saturated rings. The molecule has 0 aromatic carbocycles. The Morgan fingerprint density at radius 2 is 2.44 bits per heavy atom. The Labute approximate surface area is 112 Å². The summed E-state index contributed by atoms with van der Waals surface area (Å²) in [6, 6.07) is 3.78. The topological polar surface area (TPSA) is 76.2 Å². The molecular weight excluding hydrogens is 272 g/mol. The molecule has 0 aliphatic carbocycles. The van der Waals surface area contributed by atoms with E-state index in [2.05, 4.69) is 10.2 Å². The number of aliphatic carboxylic acids is 1. The highest BCUT2D eigenvalue weighted by Gasteiger charge is 2.21. The summed E-state index contributed by atoms with van der Waals surface area (Å²) >= 11 is 2.61. The number of rotatable bonds is 6. The predicted molar refractivity (Wildman–Crippen MR) is 69.8 cm³/mol. The van der Waals surface area contributed by atoms with Gasteiger partial charge in [0.2, 0.25) is 0 Å². The molecule has 18 heavy (non-hydrogen) atoms. The lowest BCUT2D eigenvalue weighted by atomic mass is 10.2. The average Bonchev–Trinajstić information content (AvgIpc) is 2.98. The van der Waals surface area contributed by atoms with Crippen molar-refractivity contribution >= 4 is 29.1 Å². The van der Waals surface area contributed by atoms with E-state index in [0.717, 1.165) is 23.1 Å². The Hall–Kier alpha value is -1.34. The molecule has 0 amide bonds. The Bertz CT molecular complexity index is 510. The minimum atomic E-state index is -0.849. The SMILES string of the molecule is CCCC(Sc1nnc(-c2cccs2)o1)C(=O)O. The molecule has 1 N–H and O–H groups in total. The van der Waals surface area contributed by atoms with Crippen LogP contribution in [0.3, 0.4) is 0 Å². The van der Waals surface area contributed by atoms with E-state index in [1.54, 1.807) is 0 Å². The molecule has 0 radical (unpaired) electrons. The first kappa shape index (κ1) is 13.1. The van der Waals surface area contributed by atoms with Crippen LogP contribution in [0.5, 0.6) is 0 Å². The summed E-state index contributed by atoms with van der Waals surface area (Å²) in [5.74, 6) is -0.411. The third-order valence-electron chi connectivity index (χ3n) is 2.21. The van der Waals surface area contributed by atoms with Crippen LogP contribution in [0, 0.1) is 0 Å². The van der Waals surface area contributed by atoms with Crippen LogP contribution in [0.15, 0.2) is 27.2 Å². The van der Waals surface area contributed by atoms with Crippen LogP contribution in [0.25, 0.3) is 10.8 Å². The molecule has 0 aliphatic rings. The quantitative estimate of drug-likeness (QED) is 0.821. The molecule has 0 saturated heterocycles. The van der Waals surface area contributed by atoms with Crippen molar-refractivity contribution in [3.8, 4) is 10.8 Å².